The van der Waals surface area contributed by atoms with Crippen LogP contribution >= 0.6 is 0 Å². The Hall–Kier alpha value is -0.610. The van der Waals surface area contributed by atoms with Crippen molar-refractivity contribution in [2.45, 2.75) is 57.7 Å². The molecule has 1 heterocycles. The maximum Gasteiger partial charge on any atom is 0.320 e. The third-order valence-electron chi connectivity index (χ3n) is 3.44. The van der Waals surface area contributed by atoms with Crippen molar-refractivity contribution in [1.29, 1.82) is 0 Å². The normalized spacial score (nSPS) is 29.3. The van der Waals surface area contributed by atoms with E-state index in [2.05, 4.69) is 18.7 Å². The Bertz CT molecular complexity index is 221. The molecule has 1 aliphatic heterocycles. The van der Waals surface area contributed by atoms with Crippen molar-refractivity contribution in [1.82, 2.24) is 4.90 Å². The Morgan fingerprint density at radius 2 is 2.27 bits per heavy atom. The van der Waals surface area contributed by atoms with E-state index in [0.717, 1.165) is 13.0 Å². The minimum absolute atomic E-state index is 0.552. The van der Waals surface area contributed by atoms with Crippen molar-refractivity contribution < 1.29 is 9.90 Å². The Morgan fingerprint density at radius 3 is 2.80 bits per heavy atom. The van der Waals surface area contributed by atoms with Crippen LogP contribution < -0.4 is 5.73 Å². The number of rotatable bonds is 5. The maximum atomic E-state index is 10.6. The Labute approximate surface area is 91.4 Å². The molecule has 4 nitrogen and oxygen atoms in total. The lowest BCUT2D eigenvalue weighted by Gasteiger charge is -2.28. The molecule has 0 spiro atoms. The van der Waals surface area contributed by atoms with Crippen LogP contribution in [0.3, 0.4) is 0 Å². The van der Waals surface area contributed by atoms with Crippen LogP contribution in [0.4, 0.5) is 0 Å². The highest BCUT2D eigenvalue weighted by molar-refractivity contribution is 5.72. The van der Waals surface area contributed by atoms with Crippen LogP contribution in [0.2, 0.25) is 0 Å². The number of hydrogen-bond acceptors (Lipinski definition) is 3. The molecule has 3 atom stereocenters. The zero-order chi connectivity index (χ0) is 11.4. The van der Waals surface area contributed by atoms with Gasteiger partial charge in [0, 0.05) is 18.6 Å². The van der Waals surface area contributed by atoms with Gasteiger partial charge in [0.05, 0.1) is 0 Å². The van der Waals surface area contributed by atoms with Crippen molar-refractivity contribution in [3.05, 3.63) is 0 Å². The van der Waals surface area contributed by atoms with Gasteiger partial charge < -0.3 is 10.8 Å². The summed E-state index contributed by atoms with van der Waals surface area (Å²) < 4.78 is 0. The minimum atomic E-state index is -0.894. The molecule has 88 valence electrons. The number of aliphatic carboxylic acids is 1. The van der Waals surface area contributed by atoms with Crippen LogP contribution in [0, 0.1) is 0 Å². The van der Waals surface area contributed by atoms with Crippen LogP contribution in [0.25, 0.3) is 0 Å². The summed E-state index contributed by atoms with van der Waals surface area (Å²) in [6.45, 7) is 5.21. The third-order valence-corrected chi connectivity index (χ3v) is 3.44. The molecule has 1 saturated heterocycles. The van der Waals surface area contributed by atoms with Crippen LogP contribution in [-0.2, 0) is 4.79 Å². The number of nitrogens with two attached hydrogens (primary N) is 1. The topological polar surface area (TPSA) is 66.6 Å². The Morgan fingerprint density at radius 1 is 1.60 bits per heavy atom. The summed E-state index contributed by atoms with van der Waals surface area (Å²) >= 11 is 0. The predicted molar refractivity (Wildman–Crippen MR) is 59.7 cm³/mol. The maximum absolute atomic E-state index is 10.6. The van der Waals surface area contributed by atoms with Crippen LogP contribution in [-0.4, -0.2) is 40.6 Å². The third kappa shape index (κ3) is 3.18. The molecule has 3 N–H and O–H groups in total. The fourth-order valence-corrected chi connectivity index (χ4v) is 2.38. The second-order valence-electron chi connectivity index (χ2n) is 4.46. The first-order valence-corrected chi connectivity index (χ1v) is 5.80. The average molecular weight is 214 g/mol. The average Bonchev–Trinajstić information content (AvgIpc) is 2.55. The fraction of sp³-hybridized carbons (Fsp3) is 0.909. The van der Waals surface area contributed by atoms with Gasteiger partial charge in [0.15, 0.2) is 0 Å². The monoisotopic (exact) mass is 214 g/mol. The molecule has 0 aliphatic carbocycles. The van der Waals surface area contributed by atoms with Crippen molar-refractivity contribution in [2.75, 3.05) is 6.54 Å². The first-order chi connectivity index (χ1) is 7.06. The summed E-state index contributed by atoms with van der Waals surface area (Å²) in [5.74, 6) is -0.894. The molecule has 0 radical (unpaired) electrons. The van der Waals surface area contributed by atoms with E-state index in [0.29, 0.717) is 18.5 Å². The lowest BCUT2D eigenvalue weighted by molar-refractivity contribution is -0.138. The highest BCUT2D eigenvalue weighted by Crippen LogP contribution is 2.25. The molecule has 4 heteroatoms. The smallest absolute Gasteiger partial charge is 0.320 e. The van der Waals surface area contributed by atoms with Gasteiger partial charge >= 0.3 is 5.97 Å². The van der Waals surface area contributed by atoms with Gasteiger partial charge in [-0.15, -0.1) is 0 Å². The van der Waals surface area contributed by atoms with E-state index in [9.17, 15) is 4.79 Å². The van der Waals surface area contributed by atoms with Crippen LogP contribution in [0.1, 0.15) is 39.5 Å². The van der Waals surface area contributed by atoms with Crippen LogP contribution in [0.5, 0.6) is 0 Å². The summed E-state index contributed by atoms with van der Waals surface area (Å²) in [6, 6.07) is 0.493. The molecule has 0 amide bonds. The van der Waals surface area contributed by atoms with E-state index >= 15 is 0 Å². The van der Waals surface area contributed by atoms with Crippen LogP contribution in [0.15, 0.2) is 0 Å². The first-order valence-electron chi connectivity index (χ1n) is 5.80. The van der Waals surface area contributed by atoms with Gasteiger partial charge in [0.1, 0.15) is 6.04 Å². The van der Waals surface area contributed by atoms with E-state index in [1.807, 2.05) is 0 Å². The summed E-state index contributed by atoms with van der Waals surface area (Å²) in [5.41, 5.74) is 5.50. The number of nitrogens with zero attached hydrogens (tertiary/aromatic N) is 1. The molecular weight excluding hydrogens is 192 g/mol. The van der Waals surface area contributed by atoms with Crippen molar-refractivity contribution >= 4 is 5.97 Å². The number of carboxylic acid groups (broad SMARTS) is 1. The van der Waals surface area contributed by atoms with Crippen molar-refractivity contribution in [3.63, 3.8) is 0 Å². The zero-order valence-corrected chi connectivity index (χ0v) is 9.65. The molecular formula is C11H22N2O2. The molecule has 1 rings (SSSR count). The summed E-state index contributed by atoms with van der Waals surface area (Å²) in [6.07, 6.45) is 4.16. The minimum Gasteiger partial charge on any atom is -0.480 e. The number of carbonyl (C=O) groups is 1. The molecule has 0 bridgehead atoms. The summed E-state index contributed by atoms with van der Waals surface area (Å²) in [4.78, 5) is 13.0. The van der Waals surface area contributed by atoms with Gasteiger partial charge in [-0.2, -0.15) is 0 Å². The van der Waals surface area contributed by atoms with E-state index in [1.165, 1.54) is 12.8 Å². The second kappa shape index (κ2) is 5.47. The number of likely N-dealkylation sites (tertiary alicyclic amines) is 1. The molecule has 1 fully saturated rings. The van der Waals surface area contributed by atoms with E-state index < -0.39 is 12.0 Å². The number of carboxylic acids is 1. The van der Waals surface area contributed by atoms with Gasteiger partial charge in [-0.05, 0) is 32.6 Å². The fourth-order valence-electron chi connectivity index (χ4n) is 2.38. The van der Waals surface area contributed by atoms with Crippen molar-refractivity contribution in [2.24, 2.45) is 5.73 Å². The van der Waals surface area contributed by atoms with E-state index in [-0.39, 0.29) is 0 Å². The molecule has 1 aliphatic rings. The quantitative estimate of drug-likeness (QED) is 0.718. The molecule has 0 aromatic rings. The number of hydrogen-bond donors (Lipinski definition) is 2. The van der Waals surface area contributed by atoms with Gasteiger partial charge in [-0.25, -0.2) is 0 Å². The Kier molecular flexibility index (Phi) is 4.54. The Balaban J connectivity index is 2.39. The summed E-state index contributed by atoms with van der Waals surface area (Å²) in [7, 11) is 0. The largest absolute Gasteiger partial charge is 0.480 e. The molecule has 0 aromatic carbocycles. The zero-order valence-electron chi connectivity index (χ0n) is 9.65. The molecule has 0 saturated carbocycles. The van der Waals surface area contributed by atoms with E-state index in [4.69, 9.17) is 10.8 Å². The van der Waals surface area contributed by atoms with Gasteiger partial charge in [-0.3, -0.25) is 9.69 Å². The summed E-state index contributed by atoms with van der Waals surface area (Å²) in [5, 5.41) is 8.70. The predicted octanol–water partition coefficient (Wildman–Crippen LogP) is 1.05. The van der Waals surface area contributed by atoms with Gasteiger partial charge in [0.2, 0.25) is 0 Å². The SMILES string of the molecule is CCC1CCC(C)N1CCC(N)C(=O)O. The van der Waals surface area contributed by atoms with E-state index in [1.54, 1.807) is 0 Å². The second-order valence-corrected chi connectivity index (χ2v) is 4.46. The van der Waals surface area contributed by atoms with Crippen molar-refractivity contribution in [3.8, 4) is 0 Å². The lowest BCUT2D eigenvalue weighted by atomic mass is 10.1. The molecule has 0 aromatic heterocycles. The highest BCUT2D eigenvalue weighted by Gasteiger charge is 2.29. The molecule has 15 heavy (non-hydrogen) atoms. The van der Waals surface area contributed by atoms with Gasteiger partial charge in [0.25, 0.3) is 0 Å². The standard InChI is InChI=1S/C11H22N2O2/c1-3-9-5-4-8(2)13(9)7-6-10(12)11(14)15/h8-10H,3-7,12H2,1-2H3,(H,14,15). The first kappa shape index (κ1) is 12.5. The molecule has 3 unspecified atom stereocenters. The van der Waals surface area contributed by atoms with Gasteiger partial charge in [-0.1, -0.05) is 6.92 Å². The highest BCUT2D eigenvalue weighted by atomic mass is 16.4. The lowest BCUT2D eigenvalue weighted by Crippen LogP contribution is -2.40.